The van der Waals surface area contributed by atoms with Gasteiger partial charge in [0.2, 0.25) is 0 Å². The summed E-state index contributed by atoms with van der Waals surface area (Å²) in [4.78, 5) is 23.1. The van der Waals surface area contributed by atoms with Gasteiger partial charge in [0.15, 0.2) is 5.60 Å². The topological polar surface area (TPSA) is 116 Å². The van der Waals surface area contributed by atoms with Crippen molar-refractivity contribution >= 4 is 11.9 Å². The van der Waals surface area contributed by atoms with E-state index in [-0.39, 0.29) is 12.5 Å². The molecule has 3 atom stereocenters. The Morgan fingerprint density at radius 3 is 2.36 bits per heavy atom. The number of carboxylic acids is 2. The Kier molecular flexibility index (Phi) is 6.02. The second kappa shape index (κ2) is 7.84. The van der Waals surface area contributed by atoms with E-state index in [1.54, 1.807) is 24.3 Å². The Morgan fingerprint density at radius 1 is 1.28 bits per heavy atom. The fraction of sp³-hybridized carbons (Fsp3) is 0.556. The summed E-state index contributed by atoms with van der Waals surface area (Å²) in [5.41, 5.74) is -1.71. The van der Waals surface area contributed by atoms with Crippen molar-refractivity contribution < 1.29 is 29.6 Å². The van der Waals surface area contributed by atoms with Gasteiger partial charge in [-0.3, -0.25) is 4.79 Å². The molecule has 1 saturated heterocycles. The third kappa shape index (κ3) is 4.29. The van der Waals surface area contributed by atoms with Crippen LogP contribution >= 0.6 is 0 Å². The second-order valence-electron chi connectivity index (χ2n) is 6.76. The molecule has 138 valence electrons. The van der Waals surface area contributed by atoms with Gasteiger partial charge in [-0.15, -0.1) is 0 Å². The van der Waals surface area contributed by atoms with E-state index in [1.807, 2.05) is 0 Å². The van der Waals surface area contributed by atoms with Gasteiger partial charge in [-0.25, -0.2) is 4.79 Å². The maximum absolute atomic E-state index is 11.6. The second-order valence-corrected chi connectivity index (χ2v) is 6.76. The Balaban J connectivity index is 2.13. The molecule has 0 aromatic heterocycles. The minimum Gasteiger partial charge on any atom is -0.489 e. The summed E-state index contributed by atoms with van der Waals surface area (Å²) in [6.45, 7) is 4.71. The third-order valence-corrected chi connectivity index (χ3v) is 4.73. The van der Waals surface area contributed by atoms with Crippen LogP contribution < -0.4 is 10.1 Å². The van der Waals surface area contributed by atoms with Crippen LogP contribution in [0.15, 0.2) is 24.3 Å². The molecule has 25 heavy (non-hydrogen) atoms. The van der Waals surface area contributed by atoms with Crippen LogP contribution in [0.3, 0.4) is 0 Å². The van der Waals surface area contributed by atoms with Crippen LogP contribution in [0.25, 0.3) is 0 Å². The monoisotopic (exact) mass is 351 g/mol. The molecule has 2 rings (SSSR count). The first kappa shape index (κ1) is 19.2. The van der Waals surface area contributed by atoms with Crippen molar-refractivity contribution in [1.29, 1.82) is 0 Å². The molecule has 1 aromatic carbocycles. The SMILES string of the molecule is CC(C)C(O)(C(=O)O)C(Cc1ccc(OC2CCNC2)cc1)C(=O)O. The summed E-state index contributed by atoms with van der Waals surface area (Å²) in [5, 5.41) is 32.5. The molecule has 1 fully saturated rings. The van der Waals surface area contributed by atoms with Gasteiger partial charge < -0.3 is 25.4 Å². The van der Waals surface area contributed by atoms with Gasteiger partial charge in [0, 0.05) is 6.54 Å². The minimum absolute atomic E-state index is 0.0818. The number of nitrogens with one attached hydrogen (secondary N) is 1. The van der Waals surface area contributed by atoms with Crippen LogP contribution in [0.2, 0.25) is 0 Å². The number of hydrogen-bond donors (Lipinski definition) is 4. The fourth-order valence-corrected chi connectivity index (χ4v) is 3.09. The molecule has 0 amide bonds. The number of benzene rings is 1. The lowest BCUT2D eigenvalue weighted by Gasteiger charge is -2.33. The Morgan fingerprint density at radius 2 is 1.92 bits per heavy atom. The van der Waals surface area contributed by atoms with Crippen LogP contribution in [-0.4, -0.2) is 52.1 Å². The van der Waals surface area contributed by atoms with E-state index in [9.17, 15) is 24.9 Å². The quantitative estimate of drug-likeness (QED) is 0.555. The summed E-state index contributed by atoms with van der Waals surface area (Å²) in [6.07, 6.45) is 0.973. The zero-order valence-electron chi connectivity index (χ0n) is 14.4. The third-order valence-electron chi connectivity index (χ3n) is 4.73. The Bertz CT molecular complexity index is 608. The van der Waals surface area contributed by atoms with E-state index < -0.39 is 29.4 Å². The zero-order valence-corrected chi connectivity index (χ0v) is 14.4. The van der Waals surface area contributed by atoms with E-state index in [0.717, 1.165) is 19.5 Å². The highest BCUT2D eigenvalue weighted by Crippen LogP contribution is 2.31. The van der Waals surface area contributed by atoms with Gasteiger partial charge in [-0.2, -0.15) is 0 Å². The molecule has 0 saturated carbocycles. The number of hydrogen-bond acceptors (Lipinski definition) is 5. The molecule has 0 bridgehead atoms. The molecule has 1 aromatic rings. The standard InChI is InChI=1S/C18H25NO6/c1-11(2)18(24,17(22)23)15(16(20)21)9-12-3-5-13(6-4-12)25-14-7-8-19-10-14/h3-6,11,14-15,19,24H,7-10H2,1-2H3,(H,20,21)(H,22,23). The summed E-state index contributed by atoms with van der Waals surface area (Å²) in [5.74, 6) is -4.37. The molecule has 0 aliphatic carbocycles. The minimum atomic E-state index is -2.34. The lowest BCUT2D eigenvalue weighted by atomic mass is 9.75. The normalized spacial score (nSPS) is 20.9. The molecule has 1 aliphatic rings. The van der Waals surface area contributed by atoms with Gasteiger partial charge >= 0.3 is 11.9 Å². The molecule has 0 radical (unpaired) electrons. The van der Waals surface area contributed by atoms with Crippen LogP contribution in [0.4, 0.5) is 0 Å². The lowest BCUT2D eigenvalue weighted by Crippen LogP contribution is -2.54. The van der Waals surface area contributed by atoms with Gasteiger partial charge in [-0.05, 0) is 43.0 Å². The number of aliphatic carboxylic acids is 2. The predicted octanol–water partition coefficient (Wildman–Crippen LogP) is 1.14. The molecule has 0 spiro atoms. The number of rotatable bonds is 8. The van der Waals surface area contributed by atoms with Crippen molar-refractivity contribution in [3.8, 4) is 5.75 Å². The summed E-state index contributed by atoms with van der Waals surface area (Å²) >= 11 is 0. The average Bonchev–Trinajstić information content (AvgIpc) is 3.05. The molecule has 7 nitrogen and oxygen atoms in total. The first-order valence-electron chi connectivity index (χ1n) is 8.40. The van der Waals surface area contributed by atoms with Crippen LogP contribution in [-0.2, 0) is 16.0 Å². The highest BCUT2D eigenvalue weighted by molar-refractivity contribution is 5.86. The number of aliphatic hydroxyl groups is 1. The summed E-state index contributed by atoms with van der Waals surface area (Å²) in [6, 6.07) is 6.88. The molecule has 1 heterocycles. The number of carbonyl (C=O) groups is 2. The van der Waals surface area contributed by atoms with Crippen LogP contribution in [0.1, 0.15) is 25.8 Å². The van der Waals surface area contributed by atoms with E-state index in [2.05, 4.69) is 5.32 Å². The Hall–Kier alpha value is -2.12. The lowest BCUT2D eigenvalue weighted by molar-refractivity contribution is -0.180. The average molecular weight is 351 g/mol. The van der Waals surface area contributed by atoms with Crippen molar-refractivity contribution in [3.05, 3.63) is 29.8 Å². The van der Waals surface area contributed by atoms with E-state index >= 15 is 0 Å². The molecule has 7 heteroatoms. The predicted molar refractivity (Wildman–Crippen MR) is 90.6 cm³/mol. The van der Waals surface area contributed by atoms with Crippen molar-refractivity contribution in [2.75, 3.05) is 13.1 Å². The van der Waals surface area contributed by atoms with Gasteiger partial charge in [0.05, 0.1) is 0 Å². The maximum atomic E-state index is 11.6. The smallest absolute Gasteiger partial charge is 0.336 e. The van der Waals surface area contributed by atoms with Crippen molar-refractivity contribution in [1.82, 2.24) is 5.32 Å². The molecule has 1 aliphatic heterocycles. The summed E-state index contributed by atoms with van der Waals surface area (Å²) in [7, 11) is 0. The van der Waals surface area contributed by atoms with Gasteiger partial charge in [-0.1, -0.05) is 26.0 Å². The van der Waals surface area contributed by atoms with Crippen molar-refractivity contribution in [3.63, 3.8) is 0 Å². The first-order chi connectivity index (χ1) is 11.7. The molecule has 4 N–H and O–H groups in total. The molecular formula is C18H25NO6. The Labute approximate surface area is 146 Å². The summed E-state index contributed by atoms with van der Waals surface area (Å²) < 4.78 is 5.80. The van der Waals surface area contributed by atoms with Gasteiger partial charge in [0.1, 0.15) is 17.8 Å². The highest BCUT2D eigenvalue weighted by Gasteiger charge is 2.50. The van der Waals surface area contributed by atoms with Gasteiger partial charge in [0.25, 0.3) is 0 Å². The zero-order chi connectivity index (χ0) is 18.6. The molecule has 3 unspecified atom stereocenters. The van der Waals surface area contributed by atoms with Crippen LogP contribution in [0.5, 0.6) is 5.75 Å². The molecular weight excluding hydrogens is 326 g/mol. The van der Waals surface area contributed by atoms with Crippen molar-refractivity contribution in [2.24, 2.45) is 11.8 Å². The van der Waals surface area contributed by atoms with Crippen LogP contribution in [0, 0.1) is 11.8 Å². The van der Waals surface area contributed by atoms with Crippen molar-refractivity contribution in [2.45, 2.75) is 38.4 Å². The number of carboxylic acid groups (broad SMARTS) is 2. The van der Waals surface area contributed by atoms with E-state index in [4.69, 9.17) is 4.74 Å². The fourth-order valence-electron chi connectivity index (χ4n) is 3.09. The maximum Gasteiger partial charge on any atom is 0.336 e. The largest absolute Gasteiger partial charge is 0.489 e. The number of ether oxygens (including phenoxy) is 1. The van der Waals surface area contributed by atoms with E-state index in [1.165, 1.54) is 13.8 Å². The van der Waals surface area contributed by atoms with E-state index in [0.29, 0.717) is 11.3 Å². The first-order valence-corrected chi connectivity index (χ1v) is 8.40. The highest BCUT2D eigenvalue weighted by atomic mass is 16.5.